The van der Waals surface area contributed by atoms with Crippen molar-refractivity contribution in [2.45, 2.75) is 18.8 Å². The first kappa shape index (κ1) is 19.3. The van der Waals surface area contributed by atoms with E-state index in [1.54, 1.807) is 24.5 Å². The first-order chi connectivity index (χ1) is 14.4. The number of fused-ring (bicyclic) bond motifs is 1. The van der Waals surface area contributed by atoms with E-state index >= 15 is 0 Å². The molecule has 4 rings (SSSR count). The van der Waals surface area contributed by atoms with E-state index in [1.165, 1.54) is 18.3 Å². The third-order valence-electron chi connectivity index (χ3n) is 5.32. The van der Waals surface area contributed by atoms with Gasteiger partial charge in [-0.3, -0.25) is 14.8 Å². The van der Waals surface area contributed by atoms with Crippen LogP contribution in [0.5, 0.6) is 0 Å². The second kappa shape index (κ2) is 7.44. The highest BCUT2D eigenvalue weighted by atomic mass is 16.4. The second-order valence-corrected chi connectivity index (χ2v) is 7.43. The Morgan fingerprint density at radius 1 is 1.20 bits per heavy atom. The number of carboxylic acid groups (broad SMARTS) is 1. The minimum absolute atomic E-state index is 0.143. The maximum Gasteiger partial charge on any atom is 0.335 e. The summed E-state index contributed by atoms with van der Waals surface area (Å²) in [5, 5.41) is 13.9. The molecule has 0 saturated carbocycles. The number of primary amides is 1. The van der Waals surface area contributed by atoms with Crippen LogP contribution in [0.4, 0.5) is 11.4 Å². The number of amides is 1. The smallest absolute Gasteiger partial charge is 0.335 e. The fourth-order valence-electron chi connectivity index (χ4n) is 3.67. The summed E-state index contributed by atoms with van der Waals surface area (Å²) in [6.45, 7) is 2.12. The number of carbonyl (C=O) groups is 2. The van der Waals surface area contributed by atoms with Crippen LogP contribution in [-0.4, -0.2) is 27.0 Å². The molecular formula is C23H20N4O3. The highest BCUT2D eigenvalue weighted by Gasteiger charge is 2.26. The number of nitrogens with two attached hydrogens (primary N) is 1. The molecule has 0 aliphatic heterocycles. The van der Waals surface area contributed by atoms with Gasteiger partial charge >= 0.3 is 5.97 Å². The highest BCUT2D eigenvalue weighted by Crippen LogP contribution is 2.31. The minimum Gasteiger partial charge on any atom is -0.478 e. The van der Waals surface area contributed by atoms with E-state index in [4.69, 9.17) is 5.73 Å². The number of nitrogens with zero attached hydrogens (tertiary/aromatic N) is 2. The number of rotatable bonds is 5. The summed E-state index contributed by atoms with van der Waals surface area (Å²) in [6.07, 6.45) is 9.76. The predicted molar refractivity (Wildman–Crippen MR) is 114 cm³/mol. The number of aromatic carboxylic acids is 1. The van der Waals surface area contributed by atoms with Gasteiger partial charge in [0, 0.05) is 34.9 Å². The van der Waals surface area contributed by atoms with Gasteiger partial charge in [-0.15, -0.1) is 0 Å². The van der Waals surface area contributed by atoms with Gasteiger partial charge in [0.15, 0.2) is 0 Å². The highest BCUT2D eigenvalue weighted by molar-refractivity contribution is 5.99. The Morgan fingerprint density at radius 3 is 2.67 bits per heavy atom. The lowest BCUT2D eigenvalue weighted by Gasteiger charge is -2.27. The maximum absolute atomic E-state index is 12.0. The van der Waals surface area contributed by atoms with Gasteiger partial charge in [0.05, 0.1) is 22.2 Å². The van der Waals surface area contributed by atoms with Crippen LogP contribution in [0.15, 0.2) is 55.0 Å². The zero-order valence-electron chi connectivity index (χ0n) is 16.3. The molecule has 30 heavy (non-hydrogen) atoms. The van der Waals surface area contributed by atoms with Crippen molar-refractivity contribution >= 4 is 35.4 Å². The van der Waals surface area contributed by atoms with E-state index in [9.17, 15) is 14.7 Å². The Kier molecular flexibility index (Phi) is 4.79. The molecular weight excluding hydrogens is 380 g/mol. The molecule has 0 fully saturated rings. The molecule has 7 nitrogen and oxygen atoms in total. The van der Waals surface area contributed by atoms with Gasteiger partial charge in [-0.1, -0.05) is 19.1 Å². The molecule has 4 N–H and O–H groups in total. The standard InChI is InChI=1S/C23H20N4O3/c1-23(15-6-9-25-10-7-15)8-5-17-19(12-23)26-13-18(21(24)28)20(17)27-16-4-2-3-14(11-16)22(29)30/h2-7,9-13,27H,8H2,1H3,(H2,24,28)(H,29,30). The Morgan fingerprint density at radius 2 is 1.97 bits per heavy atom. The van der Waals surface area contributed by atoms with Gasteiger partial charge in [-0.05, 0) is 48.4 Å². The van der Waals surface area contributed by atoms with Crippen molar-refractivity contribution in [1.82, 2.24) is 9.97 Å². The van der Waals surface area contributed by atoms with Crippen LogP contribution in [0.1, 0.15) is 39.6 Å². The first-order valence-corrected chi connectivity index (χ1v) is 9.40. The van der Waals surface area contributed by atoms with Crippen molar-refractivity contribution < 1.29 is 14.7 Å². The van der Waals surface area contributed by atoms with Crippen LogP contribution >= 0.6 is 0 Å². The Balaban J connectivity index is 1.85. The molecule has 1 atom stereocenters. The number of anilines is 2. The third-order valence-corrected chi connectivity index (χ3v) is 5.32. The van der Waals surface area contributed by atoms with Crippen LogP contribution in [0.2, 0.25) is 0 Å². The van der Waals surface area contributed by atoms with Crippen molar-refractivity contribution in [1.29, 1.82) is 0 Å². The van der Waals surface area contributed by atoms with Crippen molar-refractivity contribution in [3.05, 3.63) is 82.2 Å². The van der Waals surface area contributed by atoms with E-state index in [0.29, 0.717) is 17.8 Å². The lowest BCUT2D eigenvalue weighted by atomic mass is 9.77. The molecule has 0 saturated heterocycles. The Labute approximate surface area is 172 Å². The van der Waals surface area contributed by atoms with Crippen LogP contribution in [0.25, 0.3) is 12.2 Å². The molecule has 0 spiro atoms. The van der Waals surface area contributed by atoms with Crippen molar-refractivity contribution in [3.8, 4) is 0 Å². The van der Waals surface area contributed by atoms with Gasteiger partial charge in [-0.2, -0.15) is 0 Å². The number of aromatic nitrogens is 2. The van der Waals surface area contributed by atoms with Crippen LogP contribution < -0.4 is 21.6 Å². The summed E-state index contributed by atoms with van der Waals surface area (Å²) in [4.78, 5) is 31.9. The zero-order valence-corrected chi connectivity index (χ0v) is 16.3. The molecule has 150 valence electrons. The molecule has 1 aliphatic carbocycles. The summed E-state index contributed by atoms with van der Waals surface area (Å²) in [7, 11) is 0. The summed E-state index contributed by atoms with van der Waals surface area (Å²) >= 11 is 0. The molecule has 0 bridgehead atoms. The maximum atomic E-state index is 12.0. The predicted octanol–water partition coefficient (Wildman–Crippen LogP) is 1.94. The fourth-order valence-corrected chi connectivity index (χ4v) is 3.67. The lowest BCUT2D eigenvalue weighted by Crippen LogP contribution is -2.40. The van der Waals surface area contributed by atoms with E-state index in [0.717, 1.165) is 16.1 Å². The number of hydrogen-bond acceptors (Lipinski definition) is 5. The van der Waals surface area contributed by atoms with E-state index in [-0.39, 0.29) is 16.5 Å². The fraction of sp³-hybridized carbons (Fsp3) is 0.130. The van der Waals surface area contributed by atoms with Gasteiger partial charge in [-0.25, -0.2) is 4.79 Å². The number of benzene rings is 1. The van der Waals surface area contributed by atoms with Gasteiger partial charge in [0.2, 0.25) is 0 Å². The molecule has 3 aromatic rings. The normalized spacial score (nSPS) is 17.2. The van der Waals surface area contributed by atoms with Crippen molar-refractivity contribution in [2.24, 2.45) is 5.73 Å². The quantitative estimate of drug-likeness (QED) is 0.602. The molecule has 1 unspecified atom stereocenters. The number of pyridine rings is 2. The third kappa shape index (κ3) is 3.53. The Hall–Kier alpha value is -4.00. The van der Waals surface area contributed by atoms with E-state index in [1.807, 2.05) is 18.2 Å². The summed E-state index contributed by atoms with van der Waals surface area (Å²) < 4.78 is 0. The lowest BCUT2D eigenvalue weighted by molar-refractivity contribution is 0.0696. The SMILES string of the molecule is CC1(c2ccncc2)C=c2ncc(C(N)=O)c(Nc3cccc(C(=O)O)c3)c2=CC1. The average Bonchev–Trinajstić information content (AvgIpc) is 2.74. The number of carboxylic acids is 1. The van der Waals surface area contributed by atoms with Crippen molar-refractivity contribution in [2.75, 3.05) is 5.32 Å². The van der Waals surface area contributed by atoms with Crippen LogP contribution in [-0.2, 0) is 5.41 Å². The molecule has 2 heterocycles. The van der Waals surface area contributed by atoms with Crippen LogP contribution in [0.3, 0.4) is 0 Å². The average molecular weight is 400 g/mol. The first-order valence-electron chi connectivity index (χ1n) is 9.40. The summed E-state index contributed by atoms with van der Waals surface area (Å²) in [5.41, 5.74) is 7.87. The topological polar surface area (TPSA) is 118 Å². The summed E-state index contributed by atoms with van der Waals surface area (Å²) in [6, 6.07) is 10.3. The second-order valence-electron chi connectivity index (χ2n) is 7.43. The molecule has 0 radical (unpaired) electrons. The van der Waals surface area contributed by atoms with Crippen LogP contribution in [0, 0.1) is 0 Å². The number of carbonyl (C=O) groups excluding carboxylic acids is 1. The van der Waals surface area contributed by atoms with E-state index < -0.39 is 11.9 Å². The largest absolute Gasteiger partial charge is 0.478 e. The van der Waals surface area contributed by atoms with E-state index in [2.05, 4.69) is 28.3 Å². The van der Waals surface area contributed by atoms with Gasteiger partial charge in [0.25, 0.3) is 5.91 Å². The number of hydrogen-bond donors (Lipinski definition) is 3. The van der Waals surface area contributed by atoms with Gasteiger partial charge < -0.3 is 16.2 Å². The molecule has 1 aromatic carbocycles. The molecule has 1 aliphatic rings. The molecule has 7 heteroatoms. The zero-order chi connectivity index (χ0) is 21.3. The number of nitrogens with one attached hydrogen (secondary N) is 1. The summed E-state index contributed by atoms with van der Waals surface area (Å²) in [5.74, 6) is -1.64. The van der Waals surface area contributed by atoms with Gasteiger partial charge in [0.1, 0.15) is 0 Å². The van der Waals surface area contributed by atoms with Crippen molar-refractivity contribution in [3.63, 3.8) is 0 Å². The Bertz CT molecular complexity index is 1270. The molecule has 2 aromatic heterocycles. The minimum atomic E-state index is -1.03. The monoisotopic (exact) mass is 400 g/mol. The molecule has 1 amide bonds.